The summed E-state index contributed by atoms with van der Waals surface area (Å²) in [5, 5.41) is 3.38. The number of fused-ring (bicyclic) bond motifs is 2. The Morgan fingerprint density at radius 2 is 2.14 bits per heavy atom. The zero-order chi connectivity index (χ0) is 15.2. The fourth-order valence-electron chi connectivity index (χ4n) is 2.96. The van der Waals surface area contributed by atoms with E-state index in [2.05, 4.69) is 37.1 Å². The molecule has 0 saturated heterocycles. The van der Waals surface area contributed by atoms with Crippen LogP contribution in [0.15, 0.2) is 6.07 Å². The number of nitrogens with one attached hydrogen (secondary N) is 1. The van der Waals surface area contributed by atoms with E-state index in [4.69, 9.17) is 4.98 Å². The first kappa shape index (κ1) is 14.4. The van der Waals surface area contributed by atoms with Gasteiger partial charge in [0.1, 0.15) is 10.3 Å². The van der Waals surface area contributed by atoms with Crippen molar-refractivity contribution in [3.63, 3.8) is 0 Å². The van der Waals surface area contributed by atoms with Gasteiger partial charge >= 0.3 is 0 Å². The maximum absolute atomic E-state index is 11.1. The van der Waals surface area contributed by atoms with Crippen molar-refractivity contribution >= 4 is 32.7 Å². The van der Waals surface area contributed by atoms with Gasteiger partial charge in [-0.25, -0.2) is 9.97 Å². The quantitative estimate of drug-likeness (QED) is 0.871. The third-order valence-electron chi connectivity index (χ3n) is 4.26. The number of aryl methyl sites for hydroxylation is 1. The maximum atomic E-state index is 11.1. The molecule has 0 fully saturated rings. The highest BCUT2D eigenvalue weighted by Gasteiger charge is 2.29. The summed E-state index contributed by atoms with van der Waals surface area (Å²) in [6.07, 6.45) is 3.32. The fourth-order valence-corrected chi connectivity index (χ4v) is 3.84. The molecule has 21 heavy (non-hydrogen) atoms. The van der Waals surface area contributed by atoms with E-state index in [0.29, 0.717) is 16.5 Å². The molecule has 1 N–H and O–H groups in total. The highest BCUT2D eigenvalue weighted by Crippen LogP contribution is 2.38. The Bertz CT molecular complexity index is 699. The van der Waals surface area contributed by atoms with Crippen molar-refractivity contribution in [1.29, 1.82) is 0 Å². The number of pyridine rings is 1. The lowest BCUT2D eigenvalue weighted by Crippen LogP contribution is -2.27. The minimum atomic E-state index is -0.0911. The molecule has 3 rings (SSSR count). The number of nitrogens with zero attached hydrogens (tertiary/aromatic N) is 2. The predicted octanol–water partition coefficient (Wildman–Crippen LogP) is 3.80. The smallest absolute Gasteiger partial charge is 0.223 e. The van der Waals surface area contributed by atoms with Crippen LogP contribution in [0.2, 0.25) is 0 Å². The number of hydrogen-bond acceptors (Lipinski definition) is 4. The molecule has 4 nitrogen and oxygen atoms in total. The van der Waals surface area contributed by atoms with E-state index >= 15 is 0 Å². The van der Waals surface area contributed by atoms with E-state index in [-0.39, 0.29) is 5.91 Å². The van der Waals surface area contributed by atoms with Crippen LogP contribution >= 0.6 is 11.3 Å². The number of carbonyl (C=O) groups is 1. The van der Waals surface area contributed by atoms with Gasteiger partial charge < -0.3 is 5.32 Å². The first-order valence-electron chi connectivity index (χ1n) is 7.40. The molecule has 1 amide bonds. The second-order valence-corrected chi connectivity index (χ2v) is 7.90. The van der Waals surface area contributed by atoms with Gasteiger partial charge in [-0.3, -0.25) is 4.79 Å². The van der Waals surface area contributed by atoms with E-state index in [1.54, 1.807) is 0 Å². The average molecular weight is 303 g/mol. The summed E-state index contributed by atoms with van der Waals surface area (Å²) in [4.78, 5) is 21.3. The molecular formula is C16H21N3OS. The van der Waals surface area contributed by atoms with Gasteiger partial charge in [0, 0.05) is 12.6 Å². The van der Waals surface area contributed by atoms with Crippen LogP contribution in [0, 0.1) is 11.3 Å². The fraction of sp³-hybridized carbons (Fsp3) is 0.562. The van der Waals surface area contributed by atoms with Gasteiger partial charge in [-0.05, 0) is 42.2 Å². The molecule has 1 aliphatic carbocycles. The second-order valence-electron chi connectivity index (χ2n) is 6.92. The summed E-state index contributed by atoms with van der Waals surface area (Å²) in [5.41, 5.74) is 3.77. The van der Waals surface area contributed by atoms with Crippen LogP contribution in [0.5, 0.6) is 0 Å². The van der Waals surface area contributed by atoms with Crippen molar-refractivity contribution in [1.82, 2.24) is 9.97 Å². The van der Waals surface area contributed by atoms with Crippen molar-refractivity contribution in [2.75, 3.05) is 5.32 Å². The van der Waals surface area contributed by atoms with Crippen LogP contribution in [0.4, 0.5) is 5.13 Å². The number of thiazole rings is 1. The van der Waals surface area contributed by atoms with Crippen molar-refractivity contribution < 1.29 is 4.79 Å². The van der Waals surface area contributed by atoms with Gasteiger partial charge in [-0.2, -0.15) is 0 Å². The number of amides is 1. The molecule has 1 aliphatic rings. The molecule has 5 heteroatoms. The summed E-state index contributed by atoms with van der Waals surface area (Å²) in [7, 11) is 0. The predicted molar refractivity (Wildman–Crippen MR) is 86.7 cm³/mol. The Morgan fingerprint density at radius 1 is 1.38 bits per heavy atom. The van der Waals surface area contributed by atoms with Crippen LogP contribution in [0.1, 0.15) is 45.4 Å². The SMILES string of the molecule is CC(=O)Nc1nc2cc3c(nc2s1)CCC(C(C)(C)C)C3. The molecule has 0 bridgehead atoms. The molecule has 2 heterocycles. The maximum Gasteiger partial charge on any atom is 0.223 e. The van der Waals surface area contributed by atoms with E-state index in [9.17, 15) is 4.79 Å². The summed E-state index contributed by atoms with van der Waals surface area (Å²) >= 11 is 1.45. The normalized spacial score (nSPS) is 18.6. The first-order chi connectivity index (χ1) is 9.83. The van der Waals surface area contributed by atoms with E-state index in [1.165, 1.54) is 35.9 Å². The molecule has 1 atom stereocenters. The highest BCUT2D eigenvalue weighted by molar-refractivity contribution is 7.21. The third kappa shape index (κ3) is 2.93. The van der Waals surface area contributed by atoms with Crippen LogP contribution in [0.25, 0.3) is 10.3 Å². The second kappa shape index (κ2) is 5.05. The minimum absolute atomic E-state index is 0.0911. The van der Waals surface area contributed by atoms with Crippen LogP contribution < -0.4 is 5.32 Å². The zero-order valence-electron chi connectivity index (χ0n) is 13.0. The Hall–Kier alpha value is -1.49. The summed E-state index contributed by atoms with van der Waals surface area (Å²) in [5.74, 6) is 0.601. The Labute approximate surface area is 129 Å². The van der Waals surface area contributed by atoms with E-state index in [0.717, 1.165) is 23.2 Å². The molecule has 0 spiro atoms. The molecule has 0 aromatic carbocycles. The number of hydrogen-bond donors (Lipinski definition) is 1. The number of rotatable bonds is 1. The summed E-state index contributed by atoms with van der Waals surface area (Å²) in [6, 6.07) is 2.16. The molecular weight excluding hydrogens is 282 g/mol. The van der Waals surface area contributed by atoms with E-state index < -0.39 is 0 Å². The lowest BCUT2D eigenvalue weighted by atomic mass is 9.71. The summed E-state index contributed by atoms with van der Waals surface area (Å²) in [6.45, 7) is 8.43. The Balaban J connectivity index is 1.95. The van der Waals surface area contributed by atoms with Crippen LogP contribution in [-0.2, 0) is 17.6 Å². The van der Waals surface area contributed by atoms with Gasteiger partial charge in [0.05, 0.1) is 0 Å². The van der Waals surface area contributed by atoms with Crippen molar-refractivity contribution in [3.8, 4) is 0 Å². The standard InChI is InChI=1S/C16H21N3OS/c1-9(20)17-15-19-13-8-10-7-11(16(2,3)4)5-6-12(10)18-14(13)21-15/h8,11H,5-7H2,1-4H3,(H,17,19,20). The van der Waals surface area contributed by atoms with Crippen molar-refractivity contribution in [2.45, 2.75) is 47.0 Å². The zero-order valence-corrected chi connectivity index (χ0v) is 13.8. The molecule has 112 valence electrons. The molecule has 2 aromatic rings. The Morgan fingerprint density at radius 3 is 2.81 bits per heavy atom. The Kier molecular flexibility index (Phi) is 3.48. The molecule has 2 aromatic heterocycles. The largest absolute Gasteiger partial charge is 0.302 e. The third-order valence-corrected chi connectivity index (χ3v) is 5.14. The van der Waals surface area contributed by atoms with Gasteiger partial charge in [0.25, 0.3) is 0 Å². The van der Waals surface area contributed by atoms with Crippen molar-refractivity contribution in [2.24, 2.45) is 11.3 Å². The van der Waals surface area contributed by atoms with Gasteiger partial charge in [0.15, 0.2) is 5.13 Å². The lowest BCUT2D eigenvalue weighted by molar-refractivity contribution is -0.114. The molecule has 1 unspecified atom stereocenters. The average Bonchev–Trinajstić information content (AvgIpc) is 2.73. The molecule has 0 saturated carbocycles. The minimum Gasteiger partial charge on any atom is -0.302 e. The number of aromatic nitrogens is 2. The van der Waals surface area contributed by atoms with E-state index in [1.807, 2.05) is 0 Å². The lowest BCUT2D eigenvalue weighted by Gasteiger charge is -2.34. The van der Waals surface area contributed by atoms with Crippen LogP contribution in [0.3, 0.4) is 0 Å². The van der Waals surface area contributed by atoms with Gasteiger partial charge in [-0.1, -0.05) is 32.1 Å². The summed E-state index contributed by atoms with van der Waals surface area (Å²) < 4.78 is 0. The van der Waals surface area contributed by atoms with Gasteiger partial charge in [0.2, 0.25) is 5.91 Å². The topological polar surface area (TPSA) is 54.9 Å². The first-order valence-corrected chi connectivity index (χ1v) is 8.21. The van der Waals surface area contributed by atoms with Crippen molar-refractivity contribution in [3.05, 3.63) is 17.3 Å². The molecule has 0 aliphatic heterocycles. The monoisotopic (exact) mass is 303 g/mol. The van der Waals surface area contributed by atoms with Gasteiger partial charge in [-0.15, -0.1) is 0 Å². The molecule has 0 radical (unpaired) electrons. The number of anilines is 1. The van der Waals surface area contributed by atoms with Crippen LogP contribution in [-0.4, -0.2) is 15.9 Å². The highest BCUT2D eigenvalue weighted by atomic mass is 32.1. The number of carbonyl (C=O) groups excluding carboxylic acids is 1.